The van der Waals surface area contributed by atoms with E-state index in [4.69, 9.17) is 18.9 Å². The number of alkyl carbamates (subject to hydrolysis) is 2. The highest BCUT2D eigenvalue weighted by Gasteiger charge is 2.25. The molecule has 0 aliphatic heterocycles. The molecule has 0 spiro atoms. The topological polar surface area (TPSA) is 208 Å². The summed E-state index contributed by atoms with van der Waals surface area (Å²) in [6, 6.07) is 39.1. The maximum Gasteiger partial charge on any atom is 0.408 e. The van der Waals surface area contributed by atoms with Crippen LogP contribution in [0, 0.1) is 11.6 Å². The van der Waals surface area contributed by atoms with Crippen molar-refractivity contribution in [2.75, 3.05) is 20.2 Å². The number of halogens is 3. The Kier molecular flexibility index (Phi) is 20.4. The molecule has 0 saturated heterocycles. The first-order chi connectivity index (χ1) is 33.3. The molecule has 0 heterocycles. The summed E-state index contributed by atoms with van der Waals surface area (Å²) in [6.45, 7) is -0.474. The predicted octanol–water partition coefficient (Wildman–Crippen LogP) is 8.10. The molecule has 358 valence electrons. The van der Waals surface area contributed by atoms with E-state index in [2.05, 4.69) is 37.2 Å². The van der Waals surface area contributed by atoms with E-state index < -0.39 is 66.2 Å². The van der Waals surface area contributed by atoms with Crippen LogP contribution >= 0.6 is 15.9 Å². The number of carbonyl (C=O) groups excluding carboxylic acids is 5. The summed E-state index contributed by atoms with van der Waals surface area (Å²) < 4.78 is 49.1. The van der Waals surface area contributed by atoms with E-state index in [1.165, 1.54) is 18.2 Å². The van der Waals surface area contributed by atoms with E-state index >= 15 is 0 Å². The molecule has 0 aliphatic carbocycles. The molecule has 4 amide bonds. The van der Waals surface area contributed by atoms with Gasteiger partial charge in [0.2, 0.25) is 0 Å². The zero-order chi connectivity index (χ0) is 49.5. The first-order valence-corrected chi connectivity index (χ1v) is 21.8. The van der Waals surface area contributed by atoms with Crippen molar-refractivity contribution in [2.45, 2.75) is 38.5 Å². The van der Waals surface area contributed by atoms with Gasteiger partial charge in [0, 0.05) is 35.8 Å². The van der Waals surface area contributed by atoms with Gasteiger partial charge < -0.3 is 45.3 Å². The second-order valence-corrected chi connectivity index (χ2v) is 15.8. The smallest absolute Gasteiger partial charge is 0.408 e. The van der Waals surface area contributed by atoms with Gasteiger partial charge >= 0.3 is 24.1 Å². The van der Waals surface area contributed by atoms with Gasteiger partial charge in [-0.25, -0.2) is 28.0 Å². The van der Waals surface area contributed by atoms with Crippen LogP contribution in [0.3, 0.4) is 0 Å². The van der Waals surface area contributed by atoms with Crippen molar-refractivity contribution in [3.05, 3.63) is 201 Å². The lowest BCUT2D eigenvalue weighted by atomic mass is 9.98. The fourth-order valence-electron chi connectivity index (χ4n) is 6.27. The van der Waals surface area contributed by atoms with Gasteiger partial charge in [0.1, 0.15) is 43.5 Å². The maximum absolute atomic E-state index is 14.6. The quantitative estimate of drug-likeness (QED) is 0.0387. The Hall–Kier alpha value is -7.96. The predicted molar refractivity (Wildman–Crippen MR) is 252 cm³/mol. The number of esters is 1. The van der Waals surface area contributed by atoms with Crippen molar-refractivity contribution >= 4 is 51.9 Å². The average Bonchev–Trinajstić information content (AvgIpc) is 3.35. The van der Waals surface area contributed by atoms with Crippen LogP contribution in [0.25, 0.3) is 11.1 Å². The third kappa shape index (κ3) is 17.7. The highest BCUT2D eigenvalue weighted by atomic mass is 79.9. The van der Waals surface area contributed by atoms with Crippen LogP contribution in [0.4, 0.5) is 18.4 Å². The number of ether oxygens (including phenoxy) is 4. The summed E-state index contributed by atoms with van der Waals surface area (Å²) in [5.74, 6) is -4.67. The van der Waals surface area contributed by atoms with Gasteiger partial charge in [-0.05, 0) is 69.8 Å². The molecule has 0 aromatic heterocycles. The standard InChI is InChI=1S/C33H31FN2O6.C18H16BrFN2O5/c1-40-22-25-14-8-9-15-29(25)26-16-27(18-28(34)17-26)31(37)35-19-30(32(38)41-20-23-10-4-2-5-11-23)36-33(39)42-21-24-12-6-3-7-13-24;19-13-6-12(7-14(20)8-13)16(23)21-9-15(17(24)25)22-18(26)27-10-11-4-2-1-3-5-11/h2-18,30H,19-22H2,1H3,(H,35,37)(H,36,39);1-8,15H,9-10H2,(H,21,23)(H,22,26)(H,24,25)/t30-;15-/m11/s1. The van der Waals surface area contributed by atoms with Crippen molar-refractivity contribution in [2.24, 2.45) is 0 Å². The number of rotatable bonds is 19. The number of methoxy groups -OCH3 is 1. The van der Waals surface area contributed by atoms with Crippen molar-refractivity contribution in [1.82, 2.24) is 21.3 Å². The number of carboxylic acids is 1. The Balaban J connectivity index is 0.000000284. The van der Waals surface area contributed by atoms with Crippen LogP contribution in [0.1, 0.15) is 43.0 Å². The van der Waals surface area contributed by atoms with Crippen LogP contribution in [0.2, 0.25) is 0 Å². The Morgan fingerprint density at radius 2 is 1.00 bits per heavy atom. The molecule has 5 N–H and O–H groups in total. The molecule has 0 saturated carbocycles. The summed E-state index contributed by atoms with van der Waals surface area (Å²) in [4.78, 5) is 73.7. The minimum absolute atomic E-state index is 0.0117. The number of aliphatic carboxylic acids is 1. The van der Waals surface area contributed by atoms with Gasteiger partial charge in [0.15, 0.2) is 0 Å². The van der Waals surface area contributed by atoms with E-state index in [0.29, 0.717) is 16.6 Å². The van der Waals surface area contributed by atoms with Gasteiger partial charge in [-0.2, -0.15) is 0 Å². The molecule has 0 aliphatic rings. The number of amides is 4. The molecule has 6 aromatic carbocycles. The van der Waals surface area contributed by atoms with E-state index in [-0.39, 0.29) is 37.5 Å². The van der Waals surface area contributed by atoms with Gasteiger partial charge in [0.05, 0.1) is 6.61 Å². The van der Waals surface area contributed by atoms with Crippen molar-refractivity contribution in [1.29, 1.82) is 0 Å². The zero-order valence-electron chi connectivity index (χ0n) is 37.0. The van der Waals surface area contributed by atoms with E-state index in [9.17, 15) is 42.7 Å². The fraction of sp³-hybridized carbons (Fsp3) is 0.176. The lowest BCUT2D eigenvalue weighted by molar-refractivity contribution is -0.147. The average molecular weight is 1010 g/mol. The number of hydrogen-bond donors (Lipinski definition) is 5. The third-order valence-electron chi connectivity index (χ3n) is 9.66. The van der Waals surface area contributed by atoms with Gasteiger partial charge in [-0.3, -0.25) is 9.59 Å². The molecule has 15 nitrogen and oxygen atoms in total. The van der Waals surface area contributed by atoms with E-state index in [1.807, 2.05) is 54.6 Å². The summed E-state index contributed by atoms with van der Waals surface area (Å²) in [5, 5.41) is 18.7. The van der Waals surface area contributed by atoms with Gasteiger partial charge in [0.25, 0.3) is 11.8 Å². The molecule has 0 bridgehead atoms. The van der Waals surface area contributed by atoms with E-state index in [1.54, 1.807) is 73.8 Å². The number of benzene rings is 6. The first kappa shape index (κ1) is 52.0. The molecule has 6 rings (SSSR count). The highest BCUT2D eigenvalue weighted by molar-refractivity contribution is 9.10. The monoisotopic (exact) mass is 1010 g/mol. The second kappa shape index (κ2) is 27.0. The summed E-state index contributed by atoms with van der Waals surface area (Å²) in [6.07, 6.45) is -1.80. The van der Waals surface area contributed by atoms with Crippen molar-refractivity contribution in [3.8, 4) is 11.1 Å². The molecule has 69 heavy (non-hydrogen) atoms. The number of nitrogens with one attached hydrogen (secondary N) is 4. The van der Waals surface area contributed by atoms with Crippen LogP contribution in [0.15, 0.2) is 156 Å². The molecule has 2 atom stereocenters. The van der Waals surface area contributed by atoms with Crippen LogP contribution < -0.4 is 21.3 Å². The second-order valence-electron chi connectivity index (χ2n) is 14.8. The minimum atomic E-state index is -1.41. The molecule has 0 unspecified atom stereocenters. The molecule has 18 heteroatoms. The Labute approximate surface area is 404 Å². The number of hydrogen-bond acceptors (Lipinski definition) is 10. The fourth-order valence-corrected chi connectivity index (χ4v) is 6.74. The minimum Gasteiger partial charge on any atom is -0.480 e. The lowest BCUT2D eigenvalue weighted by Gasteiger charge is -2.18. The van der Waals surface area contributed by atoms with Crippen molar-refractivity contribution < 1.29 is 61.6 Å². The lowest BCUT2D eigenvalue weighted by Crippen LogP contribution is -2.49. The van der Waals surface area contributed by atoms with E-state index in [0.717, 1.165) is 39.9 Å². The zero-order valence-corrected chi connectivity index (χ0v) is 38.6. The maximum atomic E-state index is 14.6. The summed E-state index contributed by atoms with van der Waals surface area (Å²) in [5.41, 5.74) is 4.35. The largest absolute Gasteiger partial charge is 0.480 e. The summed E-state index contributed by atoms with van der Waals surface area (Å²) in [7, 11) is 1.56. The molecule has 6 aromatic rings. The summed E-state index contributed by atoms with van der Waals surface area (Å²) >= 11 is 3.07. The first-order valence-electron chi connectivity index (χ1n) is 21.1. The number of carbonyl (C=O) groups is 6. The number of carboxylic acid groups (broad SMARTS) is 1. The Bertz CT molecular complexity index is 2660. The third-order valence-corrected chi connectivity index (χ3v) is 10.1. The molecule has 0 radical (unpaired) electrons. The van der Waals surface area contributed by atoms with Gasteiger partial charge in [-0.15, -0.1) is 0 Å². The van der Waals surface area contributed by atoms with Crippen molar-refractivity contribution in [3.63, 3.8) is 0 Å². The van der Waals surface area contributed by atoms with Gasteiger partial charge in [-0.1, -0.05) is 131 Å². The Morgan fingerprint density at radius 1 is 0.551 bits per heavy atom. The van der Waals surface area contributed by atoms with Crippen LogP contribution in [0.5, 0.6) is 0 Å². The van der Waals surface area contributed by atoms with Crippen LogP contribution in [-0.4, -0.2) is 73.3 Å². The molecule has 0 fully saturated rings. The molecular formula is C51H47BrF2N4O11. The normalized spacial score (nSPS) is 11.3. The highest BCUT2D eigenvalue weighted by Crippen LogP contribution is 2.26. The SMILES string of the molecule is COCc1ccccc1-c1cc(F)cc(C(=O)NC[C@@H](NC(=O)OCc2ccccc2)C(=O)OCc2ccccc2)c1.O=C(N[C@H](CNC(=O)c1cc(F)cc(Br)c1)C(=O)O)OCc1ccccc1. The Morgan fingerprint density at radius 3 is 1.51 bits per heavy atom. The van der Waals surface area contributed by atoms with Crippen LogP contribution in [-0.2, 0) is 55.0 Å². The molecular weight excluding hydrogens is 962 g/mol.